The van der Waals surface area contributed by atoms with E-state index in [0.717, 1.165) is 30.4 Å². The lowest BCUT2D eigenvalue weighted by Gasteiger charge is -2.20. The summed E-state index contributed by atoms with van der Waals surface area (Å²) in [7, 11) is 0. The van der Waals surface area contributed by atoms with Gasteiger partial charge in [-0.15, -0.1) is 0 Å². The Labute approximate surface area is 160 Å². The van der Waals surface area contributed by atoms with E-state index in [9.17, 15) is 22.8 Å². The fraction of sp³-hybridized carbons (Fsp3) is 0.316. The lowest BCUT2D eigenvalue weighted by atomic mass is 10.2. The molecule has 0 bridgehead atoms. The normalized spacial score (nSPS) is 11.6. The summed E-state index contributed by atoms with van der Waals surface area (Å²) in [6.45, 7) is 5.32. The molecule has 6 nitrogen and oxygen atoms in total. The first-order valence-electron chi connectivity index (χ1n) is 8.69. The Bertz CT molecular complexity index is 885. The number of hydrazone groups is 1. The Morgan fingerprint density at radius 3 is 2.36 bits per heavy atom. The van der Waals surface area contributed by atoms with E-state index in [1.807, 2.05) is 24.3 Å². The topological polar surface area (TPSA) is 66.7 Å². The predicted molar refractivity (Wildman–Crippen MR) is 101 cm³/mol. The van der Waals surface area contributed by atoms with Crippen LogP contribution in [0.2, 0.25) is 0 Å². The molecule has 28 heavy (non-hydrogen) atoms. The standard InChI is InChI=1S/C19H21F3N4O2/c1-3-25(4-2)16-8-5-14(6-9-16)11-23-24-17(27)13-26-12-15(19(20,21)22)7-10-18(26)28/h5-12H,3-4,13H2,1-2H3,(H,24,27)/b23-11-. The number of pyridine rings is 1. The van der Waals surface area contributed by atoms with Crippen molar-refractivity contribution in [2.45, 2.75) is 26.6 Å². The number of alkyl halides is 3. The van der Waals surface area contributed by atoms with E-state index >= 15 is 0 Å². The van der Waals surface area contributed by atoms with Crippen LogP contribution in [0.3, 0.4) is 0 Å². The molecule has 0 aliphatic heterocycles. The molecule has 1 heterocycles. The number of hydrogen-bond acceptors (Lipinski definition) is 4. The highest BCUT2D eigenvalue weighted by atomic mass is 19.4. The van der Waals surface area contributed by atoms with Crippen LogP contribution in [-0.4, -0.2) is 29.8 Å². The minimum absolute atomic E-state index is 0.568. The van der Waals surface area contributed by atoms with Gasteiger partial charge in [-0.2, -0.15) is 18.3 Å². The molecule has 0 fully saturated rings. The molecule has 0 saturated carbocycles. The third-order valence-corrected chi connectivity index (χ3v) is 4.05. The van der Waals surface area contributed by atoms with Crippen molar-refractivity contribution in [3.63, 3.8) is 0 Å². The van der Waals surface area contributed by atoms with Crippen molar-refractivity contribution >= 4 is 17.8 Å². The summed E-state index contributed by atoms with van der Waals surface area (Å²) in [5.41, 5.74) is 2.30. The zero-order valence-electron chi connectivity index (χ0n) is 15.5. The van der Waals surface area contributed by atoms with Crippen molar-refractivity contribution in [2.24, 2.45) is 5.10 Å². The first-order valence-corrected chi connectivity index (χ1v) is 8.69. The van der Waals surface area contributed by atoms with E-state index in [2.05, 4.69) is 29.3 Å². The van der Waals surface area contributed by atoms with Crippen LogP contribution in [0.25, 0.3) is 0 Å². The summed E-state index contributed by atoms with van der Waals surface area (Å²) >= 11 is 0. The molecule has 1 amide bonds. The molecule has 1 N–H and O–H groups in total. The molecule has 0 atom stereocenters. The minimum Gasteiger partial charge on any atom is -0.372 e. The fourth-order valence-electron chi connectivity index (χ4n) is 2.55. The zero-order chi connectivity index (χ0) is 20.7. The SMILES string of the molecule is CCN(CC)c1ccc(/C=N\NC(=O)Cn2cc(C(F)(F)F)ccc2=O)cc1. The monoisotopic (exact) mass is 394 g/mol. The maximum absolute atomic E-state index is 12.7. The van der Waals surface area contributed by atoms with E-state index in [-0.39, 0.29) is 0 Å². The lowest BCUT2D eigenvalue weighted by molar-refractivity contribution is -0.138. The second-order valence-electron chi connectivity index (χ2n) is 5.94. The number of nitrogens with one attached hydrogen (secondary N) is 1. The molecule has 2 rings (SSSR count). The molecule has 0 radical (unpaired) electrons. The highest BCUT2D eigenvalue weighted by Gasteiger charge is 2.31. The number of benzene rings is 1. The number of rotatable bonds is 7. The van der Waals surface area contributed by atoms with Gasteiger partial charge in [-0.25, -0.2) is 5.43 Å². The Kier molecular flexibility index (Phi) is 6.97. The van der Waals surface area contributed by atoms with Gasteiger partial charge in [0.1, 0.15) is 6.54 Å². The first kappa shape index (κ1) is 21.2. The summed E-state index contributed by atoms with van der Waals surface area (Å²) < 4.78 is 38.8. The lowest BCUT2D eigenvalue weighted by Crippen LogP contribution is -2.30. The third kappa shape index (κ3) is 5.70. The predicted octanol–water partition coefficient (Wildman–Crippen LogP) is 2.86. The van der Waals surface area contributed by atoms with Gasteiger partial charge in [0.05, 0.1) is 11.8 Å². The van der Waals surface area contributed by atoms with Crippen LogP contribution in [0.4, 0.5) is 18.9 Å². The smallest absolute Gasteiger partial charge is 0.372 e. The second-order valence-corrected chi connectivity index (χ2v) is 5.94. The summed E-state index contributed by atoms with van der Waals surface area (Å²) in [4.78, 5) is 25.7. The summed E-state index contributed by atoms with van der Waals surface area (Å²) in [6, 6.07) is 8.98. The maximum atomic E-state index is 12.7. The molecule has 0 saturated heterocycles. The average molecular weight is 394 g/mol. The fourth-order valence-corrected chi connectivity index (χ4v) is 2.55. The van der Waals surface area contributed by atoms with Crippen molar-refractivity contribution in [3.8, 4) is 0 Å². The molecule has 0 aliphatic rings. The van der Waals surface area contributed by atoms with Gasteiger partial charge >= 0.3 is 6.18 Å². The van der Waals surface area contributed by atoms with Crippen molar-refractivity contribution in [3.05, 3.63) is 64.1 Å². The van der Waals surface area contributed by atoms with Gasteiger partial charge in [0.25, 0.3) is 11.5 Å². The number of aromatic nitrogens is 1. The highest BCUT2D eigenvalue weighted by molar-refractivity contribution is 5.82. The number of carbonyl (C=O) groups is 1. The maximum Gasteiger partial charge on any atom is 0.417 e. The molecule has 0 unspecified atom stereocenters. The number of amides is 1. The first-order chi connectivity index (χ1) is 13.2. The van der Waals surface area contributed by atoms with E-state index in [1.165, 1.54) is 6.21 Å². The van der Waals surface area contributed by atoms with Crippen LogP contribution < -0.4 is 15.9 Å². The van der Waals surface area contributed by atoms with Crippen LogP contribution in [0.1, 0.15) is 25.0 Å². The summed E-state index contributed by atoms with van der Waals surface area (Å²) in [5.74, 6) is -0.711. The summed E-state index contributed by atoms with van der Waals surface area (Å²) in [5, 5.41) is 3.78. The van der Waals surface area contributed by atoms with Gasteiger partial charge in [0, 0.05) is 31.0 Å². The number of anilines is 1. The van der Waals surface area contributed by atoms with Crippen LogP contribution in [0.5, 0.6) is 0 Å². The largest absolute Gasteiger partial charge is 0.417 e. The van der Waals surface area contributed by atoms with E-state index in [1.54, 1.807) is 0 Å². The zero-order valence-corrected chi connectivity index (χ0v) is 15.5. The van der Waals surface area contributed by atoms with Gasteiger partial charge in [-0.05, 0) is 37.6 Å². The van der Waals surface area contributed by atoms with E-state index in [0.29, 0.717) is 16.8 Å². The van der Waals surface area contributed by atoms with Crippen molar-refractivity contribution < 1.29 is 18.0 Å². The Hall–Kier alpha value is -3.10. The number of nitrogens with zero attached hydrogens (tertiary/aromatic N) is 3. The van der Waals surface area contributed by atoms with Gasteiger partial charge < -0.3 is 9.47 Å². The highest BCUT2D eigenvalue weighted by Crippen LogP contribution is 2.27. The van der Waals surface area contributed by atoms with Crippen LogP contribution in [0, 0.1) is 0 Å². The van der Waals surface area contributed by atoms with E-state index < -0.39 is 29.8 Å². The molecule has 2 aromatic rings. The number of halogens is 3. The van der Waals surface area contributed by atoms with Gasteiger partial charge in [-0.3, -0.25) is 9.59 Å². The van der Waals surface area contributed by atoms with Crippen LogP contribution >= 0.6 is 0 Å². The average Bonchev–Trinajstić information content (AvgIpc) is 2.65. The third-order valence-electron chi connectivity index (χ3n) is 4.05. The van der Waals surface area contributed by atoms with Gasteiger partial charge in [0.2, 0.25) is 0 Å². The second kappa shape index (κ2) is 9.20. The molecular formula is C19H21F3N4O2. The Morgan fingerprint density at radius 1 is 1.14 bits per heavy atom. The quantitative estimate of drug-likeness (QED) is 0.580. The summed E-state index contributed by atoms with van der Waals surface area (Å²) in [6.07, 6.45) is -2.57. The molecule has 1 aromatic heterocycles. The van der Waals surface area contributed by atoms with Crippen molar-refractivity contribution in [1.29, 1.82) is 0 Å². The molecular weight excluding hydrogens is 373 g/mol. The van der Waals surface area contributed by atoms with Crippen LogP contribution in [-0.2, 0) is 17.5 Å². The number of carbonyl (C=O) groups excluding carboxylic acids is 1. The molecule has 1 aromatic carbocycles. The van der Waals surface area contributed by atoms with Gasteiger partial charge in [0.15, 0.2) is 0 Å². The van der Waals surface area contributed by atoms with Crippen LogP contribution in [0.15, 0.2) is 52.5 Å². The minimum atomic E-state index is -4.60. The molecule has 0 spiro atoms. The van der Waals surface area contributed by atoms with Gasteiger partial charge in [-0.1, -0.05) is 12.1 Å². The molecule has 0 aliphatic carbocycles. The van der Waals surface area contributed by atoms with Crippen molar-refractivity contribution in [2.75, 3.05) is 18.0 Å². The molecule has 9 heteroatoms. The number of hydrogen-bond donors (Lipinski definition) is 1. The molecule has 150 valence electrons. The van der Waals surface area contributed by atoms with Crippen molar-refractivity contribution in [1.82, 2.24) is 9.99 Å². The Balaban J connectivity index is 1.98. The Morgan fingerprint density at radius 2 is 1.79 bits per heavy atom. The van der Waals surface area contributed by atoms with E-state index in [4.69, 9.17) is 0 Å².